The number of carbonyl (C=O) groups is 1. The smallest absolute Gasteiger partial charge is 0.350 e. The Hall–Kier alpha value is -2.20. The molecule has 1 aromatic carbocycles. The van der Waals surface area contributed by atoms with Crippen molar-refractivity contribution < 1.29 is 22.4 Å². The maximum Gasteiger partial charge on any atom is 0.435 e. The standard InChI is InChI=1S/C16H17F4N5O.ClH/c17-11-4-1-5-12(7-11)25-14(16(18,19)20)13(23-24-25)15(26)22-9-10-3-2-6-21-8-10;/h1,4-5,7,10,21H,2-3,6,8-9H2,(H,22,26);1H. The number of alkyl halides is 3. The van der Waals surface area contributed by atoms with Gasteiger partial charge in [0.05, 0.1) is 5.69 Å². The quantitative estimate of drug-likeness (QED) is 0.764. The van der Waals surface area contributed by atoms with Crippen LogP contribution in [0.4, 0.5) is 17.6 Å². The Bertz CT molecular complexity index is 789. The zero-order valence-corrected chi connectivity index (χ0v) is 14.9. The van der Waals surface area contributed by atoms with E-state index >= 15 is 0 Å². The van der Waals surface area contributed by atoms with Crippen LogP contribution >= 0.6 is 12.4 Å². The molecule has 3 rings (SSSR count). The van der Waals surface area contributed by atoms with E-state index in [1.807, 2.05) is 0 Å². The number of rotatable bonds is 4. The van der Waals surface area contributed by atoms with Gasteiger partial charge in [0.15, 0.2) is 11.4 Å². The van der Waals surface area contributed by atoms with E-state index in [0.29, 0.717) is 11.2 Å². The molecule has 6 nitrogen and oxygen atoms in total. The van der Waals surface area contributed by atoms with E-state index in [2.05, 4.69) is 20.9 Å². The van der Waals surface area contributed by atoms with E-state index in [-0.39, 0.29) is 30.6 Å². The molecule has 1 amide bonds. The summed E-state index contributed by atoms with van der Waals surface area (Å²) < 4.78 is 54.3. The molecule has 1 aromatic heterocycles. The Morgan fingerprint density at radius 1 is 1.37 bits per heavy atom. The second-order valence-corrected chi connectivity index (χ2v) is 6.10. The van der Waals surface area contributed by atoms with Crippen molar-refractivity contribution in [2.45, 2.75) is 19.0 Å². The molecule has 0 radical (unpaired) electrons. The van der Waals surface area contributed by atoms with Crippen molar-refractivity contribution >= 4 is 18.3 Å². The van der Waals surface area contributed by atoms with E-state index in [0.717, 1.165) is 31.5 Å². The maximum absolute atomic E-state index is 13.5. The fourth-order valence-corrected chi connectivity index (χ4v) is 2.90. The average molecular weight is 408 g/mol. The molecule has 2 aromatic rings. The molecule has 2 N–H and O–H groups in total. The van der Waals surface area contributed by atoms with Gasteiger partial charge in [0.25, 0.3) is 5.91 Å². The molecule has 11 heteroatoms. The fourth-order valence-electron chi connectivity index (χ4n) is 2.90. The molecule has 0 saturated carbocycles. The summed E-state index contributed by atoms with van der Waals surface area (Å²) in [4.78, 5) is 12.2. The van der Waals surface area contributed by atoms with Crippen molar-refractivity contribution in [2.75, 3.05) is 19.6 Å². The first-order chi connectivity index (χ1) is 12.4. The lowest BCUT2D eigenvalue weighted by molar-refractivity contribution is -0.143. The van der Waals surface area contributed by atoms with Gasteiger partial charge in [0, 0.05) is 6.54 Å². The number of piperidine rings is 1. The van der Waals surface area contributed by atoms with Crippen molar-refractivity contribution in [3.8, 4) is 5.69 Å². The first kappa shape index (κ1) is 21.1. The van der Waals surface area contributed by atoms with Gasteiger partial charge in [-0.3, -0.25) is 4.79 Å². The van der Waals surface area contributed by atoms with Gasteiger partial charge in [-0.05, 0) is 50.0 Å². The highest BCUT2D eigenvalue weighted by molar-refractivity contribution is 5.93. The van der Waals surface area contributed by atoms with Crippen LogP contribution in [0.15, 0.2) is 24.3 Å². The van der Waals surface area contributed by atoms with Crippen LogP contribution in [0.5, 0.6) is 0 Å². The van der Waals surface area contributed by atoms with Gasteiger partial charge >= 0.3 is 6.18 Å². The molecule has 0 spiro atoms. The molecule has 148 valence electrons. The zero-order valence-electron chi connectivity index (χ0n) is 14.1. The van der Waals surface area contributed by atoms with Crippen molar-refractivity contribution in [3.63, 3.8) is 0 Å². The molecule has 1 saturated heterocycles. The molecule has 1 fully saturated rings. The molecule has 27 heavy (non-hydrogen) atoms. The number of amides is 1. The Morgan fingerprint density at radius 3 is 2.78 bits per heavy atom. The van der Waals surface area contributed by atoms with Crippen LogP contribution in [0.2, 0.25) is 0 Å². The van der Waals surface area contributed by atoms with E-state index in [1.165, 1.54) is 12.1 Å². The van der Waals surface area contributed by atoms with Crippen LogP contribution in [0, 0.1) is 11.7 Å². The van der Waals surface area contributed by atoms with Crippen LogP contribution < -0.4 is 10.6 Å². The van der Waals surface area contributed by atoms with Crippen LogP contribution in [0.1, 0.15) is 29.0 Å². The van der Waals surface area contributed by atoms with E-state index in [4.69, 9.17) is 0 Å². The summed E-state index contributed by atoms with van der Waals surface area (Å²) >= 11 is 0. The highest BCUT2D eigenvalue weighted by Crippen LogP contribution is 2.32. The maximum atomic E-state index is 13.5. The van der Waals surface area contributed by atoms with Crippen LogP contribution in [0.3, 0.4) is 0 Å². The lowest BCUT2D eigenvalue weighted by Crippen LogP contribution is -2.38. The average Bonchev–Trinajstić information content (AvgIpc) is 3.06. The summed E-state index contributed by atoms with van der Waals surface area (Å²) in [5.74, 6) is -1.52. The van der Waals surface area contributed by atoms with Gasteiger partial charge in [-0.1, -0.05) is 11.3 Å². The number of carbonyl (C=O) groups excluding carboxylic acids is 1. The largest absolute Gasteiger partial charge is 0.435 e. The summed E-state index contributed by atoms with van der Waals surface area (Å²) in [5, 5.41) is 12.5. The number of nitrogens with one attached hydrogen (secondary N) is 2. The van der Waals surface area contributed by atoms with Crippen molar-refractivity contribution in [1.82, 2.24) is 25.6 Å². The SMILES string of the molecule is Cl.O=C(NCC1CCCNC1)c1nnn(-c2cccc(F)c2)c1C(F)(F)F. The van der Waals surface area contributed by atoms with Crippen LogP contribution in [-0.4, -0.2) is 40.5 Å². The van der Waals surface area contributed by atoms with Gasteiger partial charge in [-0.25, -0.2) is 9.07 Å². The predicted octanol–water partition coefficient (Wildman–Crippen LogP) is 2.58. The summed E-state index contributed by atoms with van der Waals surface area (Å²) in [6.45, 7) is 1.84. The summed E-state index contributed by atoms with van der Waals surface area (Å²) in [5.41, 5.74) is -2.33. The van der Waals surface area contributed by atoms with Crippen LogP contribution in [-0.2, 0) is 6.18 Å². The molecular formula is C16H18ClF4N5O. The highest BCUT2D eigenvalue weighted by atomic mass is 35.5. The first-order valence-electron chi connectivity index (χ1n) is 8.14. The monoisotopic (exact) mass is 407 g/mol. The Morgan fingerprint density at radius 2 is 2.15 bits per heavy atom. The third-order valence-electron chi connectivity index (χ3n) is 4.16. The normalized spacial score (nSPS) is 17.3. The van der Waals surface area contributed by atoms with Crippen molar-refractivity contribution in [2.24, 2.45) is 5.92 Å². The minimum Gasteiger partial charge on any atom is -0.350 e. The van der Waals surface area contributed by atoms with Gasteiger partial charge in [-0.2, -0.15) is 13.2 Å². The Balaban J connectivity index is 0.00000261. The van der Waals surface area contributed by atoms with E-state index in [1.54, 1.807) is 0 Å². The minimum atomic E-state index is -4.88. The topological polar surface area (TPSA) is 71.8 Å². The van der Waals surface area contributed by atoms with E-state index < -0.39 is 29.3 Å². The second-order valence-electron chi connectivity index (χ2n) is 6.10. The highest BCUT2D eigenvalue weighted by Gasteiger charge is 2.42. The molecule has 1 unspecified atom stereocenters. The van der Waals surface area contributed by atoms with Crippen molar-refractivity contribution in [3.05, 3.63) is 41.5 Å². The second kappa shape index (κ2) is 8.66. The first-order valence-corrected chi connectivity index (χ1v) is 8.14. The number of halogens is 5. The number of aromatic nitrogens is 3. The predicted molar refractivity (Wildman–Crippen MR) is 91.5 cm³/mol. The molecule has 0 bridgehead atoms. The van der Waals surface area contributed by atoms with Crippen LogP contribution in [0.25, 0.3) is 5.69 Å². The minimum absolute atomic E-state index is 0. The Labute approximate surface area is 158 Å². The lowest BCUT2D eigenvalue weighted by Gasteiger charge is -2.22. The summed E-state index contributed by atoms with van der Waals surface area (Å²) in [7, 11) is 0. The third kappa shape index (κ3) is 4.95. The number of hydrogen-bond acceptors (Lipinski definition) is 4. The molecule has 1 atom stereocenters. The molecule has 0 aliphatic carbocycles. The fraction of sp³-hybridized carbons (Fsp3) is 0.438. The molecule has 2 heterocycles. The van der Waals surface area contributed by atoms with Gasteiger partial charge < -0.3 is 10.6 Å². The van der Waals surface area contributed by atoms with E-state index in [9.17, 15) is 22.4 Å². The lowest BCUT2D eigenvalue weighted by atomic mass is 10.00. The van der Waals surface area contributed by atoms with Gasteiger partial charge in [-0.15, -0.1) is 17.5 Å². The third-order valence-corrected chi connectivity index (χ3v) is 4.16. The summed E-state index contributed by atoms with van der Waals surface area (Å²) in [6.07, 6.45) is -3.05. The summed E-state index contributed by atoms with van der Waals surface area (Å²) in [6, 6.07) is 4.49. The molecular weight excluding hydrogens is 390 g/mol. The molecule has 1 aliphatic rings. The zero-order chi connectivity index (χ0) is 18.7. The van der Waals surface area contributed by atoms with Crippen molar-refractivity contribution in [1.29, 1.82) is 0 Å². The molecule has 1 aliphatic heterocycles. The Kier molecular flexibility index (Phi) is 6.77. The number of hydrogen-bond donors (Lipinski definition) is 2. The van der Waals surface area contributed by atoms with Gasteiger partial charge in [0.1, 0.15) is 5.82 Å². The van der Waals surface area contributed by atoms with Gasteiger partial charge in [0.2, 0.25) is 0 Å². The number of benzene rings is 1. The number of nitrogens with zero attached hydrogens (tertiary/aromatic N) is 3.